The van der Waals surface area contributed by atoms with Gasteiger partial charge in [0, 0.05) is 14.9 Å². The summed E-state index contributed by atoms with van der Waals surface area (Å²) in [6.45, 7) is 5.00. The van der Waals surface area contributed by atoms with E-state index in [0.717, 1.165) is 0 Å². The molecule has 5 heteroatoms. The summed E-state index contributed by atoms with van der Waals surface area (Å²) in [5.41, 5.74) is 0. The Morgan fingerprint density at radius 2 is 2.12 bits per heavy atom. The molecular formula is C12H24O5. The number of carbonyl (C=O) groups is 1. The molecule has 0 fully saturated rings. The molecule has 17 heavy (non-hydrogen) atoms. The minimum atomic E-state index is -0.850. The molecule has 0 aromatic carbocycles. The summed E-state index contributed by atoms with van der Waals surface area (Å²) in [6, 6.07) is 0. The second-order valence-corrected chi connectivity index (χ2v) is 4.08. The number of rotatable bonds is 9. The van der Waals surface area contributed by atoms with Crippen molar-refractivity contribution >= 4 is 5.97 Å². The van der Waals surface area contributed by atoms with Gasteiger partial charge in [-0.05, 0) is 12.3 Å². The van der Waals surface area contributed by atoms with E-state index in [9.17, 15) is 4.79 Å². The molecule has 0 saturated heterocycles. The predicted molar refractivity (Wildman–Crippen MR) is 63.5 cm³/mol. The molecule has 102 valence electrons. The zero-order valence-corrected chi connectivity index (χ0v) is 11.1. The monoisotopic (exact) mass is 249 g/mol. The van der Waals surface area contributed by atoms with Gasteiger partial charge in [0.15, 0.2) is 6.29 Å². The molecule has 0 aromatic heterocycles. The van der Waals surface area contributed by atoms with Gasteiger partial charge >= 0.3 is 5.97 Å². The number of aliphatic hydroxyl groups excluding tert-OH is 1. The maximum absolute atomic E-state index is 11.4. The highest BCUT2D eigenvalue weighted by atomic mass is 16.7. The van der Waals surface area contributed by atoms with Crippen LogP contribution in [-0.2, 0) is 19.0 Å². The number of esters is 1. The van der Waals surface area contributed by atoms with Gasteiger partial charge in [0.2, 0.25) is 0 Å². The first kappa shape index (κ1) is 14.4. The van der Waals surface area contributed by atoms with E-state index >= 15 is 0 Å². The standard InChI is InChI=1S/C12H24O5/c1-5-10(7-13)17-12(15-4)8-16-11(14)6-9(2)3/h9-10,12-13H,5-8H2,1-4H3/i9D. The Morgan fingerprint density at radius 1 is 1.47 bits per heavy atom. The lowest BCUT2D eigenvalue weighted by Gasteiger charge is -2.21. The Morgan fingerprint density at radius 3 is 2.53 bits per heavy atom. The molecule has 2 atom stereocenters. The third-order valence-corrected chi connectivity index (χ3v) is 2.14. The van der Waals surface area contributed by atoms with Gasteiger partial charge in [-0.25, -0.2) is 0 Å². The molecule has 0 bridgehead atoms. The van der Waals surface area contributed by atoms with Crippen LogP contribution in [0.4, 0.5) is 0 Å². The van der Waals surface area contributed by atoms with Crippen LogP contribution < -0.4 is 0 Å². The van der Waals surface area contributed by atoms with Gasteiger partial charge in [-0.15, -0.1) is 0 Å². The quantitative estimate of drug-likeness (QED) is 0.493. The molecule has 0 heterocycles. The van der Waals surface area contributed by atoms with Gasteiger partial charge in [-0.1, -0.05) is 20.8 Å². The normalized spacial score (nSPS) is 16.2. The zero-order chi connectivity index (χ0) is 14.2. The molecule has 0 aliphatic rings. The Bertz CT molecular complexity index is 235. The Balaban J connectivity index is 4.03. The third kappa shape index (κ3) is 8.12. The summed E-state index contributed by atoms with van der Waals surface area (Å²) in [4.78, 5) is 11.4. The Kier molecular flexibility index (Phi) is 7.96. The third-order valence-electron chi connectivity index (χ3n) is 2.14. The largest absolute Gasteiger partial charge is 0.460 e. The number of carbonyl (C=O) groups excluding carboxylic acids is 1. The molecule has 1 N–H and O–H groups in total. The smallest absolute Gasteiger partial charge is 0.306 e. The Labute approximate surface area is 104 Å². The van der Waals surface area contributed by atoms with E-state index in [4.69, 9.17) is 20.7 Å². The number of methoxy groups -OCH3 is 1. The summed E-state index contributed by atoms with van der Waals surface area (Å²) in [7, 11) is 1.44. The SMILES string of the molecule is [2H]C(C)(C)CC(=O)OCC(OC)OC(CC)CO. The van der Waals surface area contributed by atoms with Crippen LogP contribution in [0.1, 0.15) is 35.0 Å². The average Bonchev–Trinajstić information content (AvgIpc) is 2.27. The molecule has 0 spiro atoms. The number of hydrogen-bond acceptors (Lipinski definition) is 5. The van der Waals surface area contributed by atoms with E-state index < -0.39 is 18.2 Å². The fraction of sp³-hybridized carbons (Fsp3) is 0.917. The first-order chi connectivity index (χ1) is 8.32. The van der Waals surface area contributed by atoms with Crippen molar-refractivity contribution in [3.63, 3.8) is 0 Å². The van der Waals surface area contributed by atoms with Gasteiger partial charge in [0.1, 0.15) is 6.61 Å². The minimum Gasteiger partial charge on any atom is -0.460 e. The van der Waals surface area contributed by atoms with Crippen LogP contribution in [0.2, 0.25) is 0 Å². The molecule has 0 aliphatic heterocycles. The van der Waals surface area contributed by atoms with E-state index in [2.05, 4.69) is 0 Å². The molecule has 0 saturated carbocycles. The highest BCUT2D eigenvalue weighted by molar-refractivity contribution is 5.69. The maximum atomic E-state index is 11.4. The zero-order valence-electron chi connectivity index (χ0n) is 12.1. The van der Waals surface area contributed by atoms with Gasteiger partial charge in [-0.2, -0.15) is 0 Å². The van der Waals surface area contributed by atoms with Crippen molar-refractivity contribution in [1.82, 2.24) is 0 Å². The van der Waals surface area contributed by atoms with Gasteiger partial charge in [0.25, 0.3) is 0 Å². The highest BCUT2D eigenvalue weighted by Gasteiger charge is 2.16. The van der Waals surface area contributed by atoms with E-state index in [1.165, 1.54) is 7.11 Å². The van der Waals surface area contributed by atoms with Gasteiger partial charge < -0.3 is 19.3 Å². The van der Waals surface area contributed by atoms with E-state index in [0.29, 0.717) is 6.42 Å². The molecule has 0 amide bonds. The second-order valence-electron chi connectivity index (χ2n) is 4.08. The average molecular weight is 249 g/mol. The molecule has 0 aromatic rings. The van der Waals surface area contributed by atoms with Crippen molar-refractivity contribution in [2.45, 2.75) is 46.0 Å². The number of ether oxygens (including phenoxy) is 3. The van der Waals surface area contributed by atoms with Crippen molar-refractivity contribution in [3.8, 4) is 0 Å². The summed E-state index contributed by atoms with van der Waals surface area (Å²) >= 11 is 0. The lowest BCUT2D eigenvalue weighted by atomic mass is 10.1. The van der Waals surface area contributed by atoms with Crippen LogP contribution in [0.3, 0.4) is 0 Å². The fourth-order valence-electron chi connectivity index (χ4n) is 1.15. The molecule has 2 unspecified atom stereocenters. The number of hydrogen-bond donors (Lipinski definition) is 1. The van der Waals surface area contributed by atoms with Gasteiger partial charge in [0.05, 0.1) is 12.7 Å². The summed E-state index contributed by atoms with van der Waals surface area (Å²) in [5, 5.41) is 8.99. The van der Waals surface area contributed by atoms with Crippen molar-refractivity contribution in [3.05, 3.63) is 0 Å². The van der Waals surface area contributed by atoms with Gasteiger partial charge in [-0.3, -0.25) is 4.79 Å². The first-order valence-electron chi connectivity index (χ1n) is 6.27. The van der Waals surface area contributed by atoms with Crippen LogP contribution in [0, 0.1) is 5.89 Å². The summed E-state index contributed by atoms with van der Waals surface area (Å²) in [6.07, 6.45) is -0.369. The van der Waals surface area contributed by atoms with E-state index in [1.807, 2.05) is 6.92 Å². The molecule has 0 radical (unpaired) electrons. The maximum Gasteiger partial charge on any atom is 0.306 e. The molecule has 0 rings (SSSR count). The fourth-order valence-corrected chi connectivity index (χ4v) is 1.15. The van der Waals surface area contributed by atoms with Crippen LogP contribution in [0.5, 0.6) is 0 Å². The van der Waals surface area contributed by atoms with Crippen molar-refractivity contribution < 1.29 is 25.5 Å². The predicted octanol–water partition coefficient (Wildman–Crippen LogP) is 1.34. The van der Waals surface area contributed by atoms with Crippen molar-refractivity contribution in [1.29, 1.82) is 0 Å². The Hall–Kier alpha value is -0.650. The second kappa shape index (κ2) is 9.39. The summed E-state index contributed by atoms with van der Waals surface area (Å²) in [5.74, 6) is -1.31. The van der Waals surface area contributed by atoms with Crippen LogP contribution in [0.25, 0.3) is 0 Å². The first-order valence-corrected chi connectivity index (χ1v) is 5.77. The van der Waals surface area contributed by atoms with E-state index in [-0.39, 0.29) is 25.7 Å². The van der Waals surface area contributed by atoms with Crippen molar-refractivity contribution in [2.24, 2.45) is 5.89 Å². The van der Waals surface area contributed by atoms with Crippen molar-refractivity contribution in [2.75, 3.05) is 20.3 Å². The highest BCUT2D eigenvalue weighted by Crippen LogP contribution is 2.06. The van der Waals surface area contributed by atoms with Crippen LogP contribution in [-0.4, -0.2) is 43.8 Å². The topological polar surface area (TPSA) is 65.0 Å². The van der Waals surface area contributed by atoms with E-state index in [1.54, 1.807) is 13.8 Å². The molecule has 5 nitrogen and oxygen atoms in total. The number of aliphatic hydroxyl groups is 1. The molecule has 0 aliphatic carbocycles. The minimum absolute atomic E-state index is 0.0145. The van der Waals surface area contributed by atoms with Crippen LogP contribution >= 0.6 is 0 Å². The summed E-state index contributed by atoms with van der Waals surface area (Å²) < 4.78 is 22.9. The lowest BCUT2D eigenvalue weighted by molar-refractivity contribution is -0.195. The van der Waals surface area contributed by atoms with Crippen LogP contribution in [0.15, 0.2) is 0 Å². The lowest BCUT2D eigenvalue weighted by Crippen LogP contribution is -2.30. The molecular weight excluding hydrogens is 224 g/mol.